The molecule has 72 valence electrons. The van der Waals surface area contributed by atoms with Gasteiger partial charge in [0, 0.05) is 19.6 Å². The van der Waals surface area contributed by atoms with Crippen LogP contribution in [-0.2, 0) is 4.79 Å². The molecule has 0 aliphatic heterocycles. The topological polar surface area (TPSA) is 57.5 Å². The summed E-state index contributed by atoms with van der Waals surface area (Å²) in [4.78, 5) is 10.7. The third kappa shape index (κ3) is 5.27. The van der Waals surface area contributed by atoms with Crippen molar-refractivity contribution in [2.45, 2.75) is 26.7 Å². The average Bonchev–Trinajstić information content (AvgIpc) is 2.02. The van der Waals surface area contributed by atoms with Crippen molar-refractivity contribution in [3.8, 4) is 0 Å². The van der Waals surface area contributed by atoms with Gasteiger partial charge in [-0.1, -0.05) is 6.92 Å². The SMILES string of the molecule is CC(=O)CC(CO)CC(C)CO. The molecule has 0 aromatic rings. The standard InChI is InChI=1S/C9H18O3/c1-7(5-10)3-9(6-11)4-8(2)12/h7,9-11H,3-6H2,1-2H3. The Bertz CT molecular complexity index is 134. The van der Waals surface area contributed by atoms with Crippen molar-refractivity contribution >= 4 is 5.78 Å². The summed E-state index contributed by atoms with van der Waals surface area (Å²) in [6.07, 6.45) is 1.13. The van der Waals surface area contributed by atoms with Crippen LogP contribution >= 0.6 is 0 Å². The van der Waals surface area contributed by atoms with Crippen molar-refractivity contribution in [3.63, 3.8) is 0 Å². The van der Waals surface area contributed by atoms with Gasteiger partial charge >= 0.3 is 0 Å². The fraction of sp³-hybridized carbons (Fsp3) is 0.889. The number of ketones is 1. The van der Waals surface area contributed by atoms with E-state index in [1.54, 1.807) is 0 Å². The molecule has 0 saturated carbocycles. The fourth-order valence-corrected chi connectivity index (χ4v) is 1.27. The summed E-state index contributed by atoms with van der Waals surface area (Å²) in [7, 11) is 0. The van der Waals surface area contributed by atoms with Crippen LogP contribution in [0.4, 0.5) is 0 Å². The Morgan fingerprint density at radius 3 is 2.25 bits per heavy atom. The zero-order valence-corrected chi connectivity index (χ0v) is 7.79. The van der Waals surface area contributed by atoms with E-state index in [0.29, 0.717) is 12.8 Å². The molecule has 0 aromatic heterocycles. The number of aliphatic hydroxyl groups is 2. The smallest absolute Gasteiger partial charge is 0.130 e. The summed E-state index contributed by atoms with van der Waals surface area (Å²) in [5.41, 5.74) is 0. The van der Waals surface area contributed by atoms with Crippen molar-refractivity contribution < 1.29 is 15.0 Å². The number of hydrogen-bond donors (Lipinski definition) is 2. The number of hydrogen-bond acceptors (Lipinski definition) is 3. The van der Waals surface area contributed by atoms with Crippen LogP contribution in [-0.4, -0.2) is 29.2 Å². The number of carbonyl (C=O) groups is 1. The van der Waals surface area contributed by atoms with Crippen LogP contribution in [0.25, 0.3) is 0 Å². The van der Waals surface area contributed by atoms with E-state index in [9.17, 15) is 4.79 Å². The molecule has 2 atom stereocenters. The Morgan fingerprint density at radius 2 is 1.92 bits per heavy atom. The monoisotopic (exact) mass is 174 g/mol. The summed E-state index contributed by atoms with van der Waals surface area (Å²) in [5, 5.41) is 17.6. The van der Waals surface area contributed by atoms with E-state index >= 15 is 0 Å². The molecular weight excluding hydrogens is 156 g/mol. The Hall–Kier alpha value is -0.410. The van der Waals surface area contributed by atoms with Gasteiger partial charge in [0.2, 0.25) is 0 Å². The van der Waals surface area contributed by atoms with Crippen LogP contribution in [0.1, 0.15) is 26.7 Å². The molecular formula is C9H18O3. The Kier molecular flexibility index (Phi) is 5.93. The van der Waals surface area contributed by atoms with E-state index in [1.807, 2.05) is 6.92 Å². The van der Waals surface area contributed by atoms with Crippen molar-refractivity contribution in [1.29, 1.82) is 0 Å². The molecule has 0 aromatic carbocycles. The van der Waals surface area contributed by atoms with Crippen LogP contribution in [0.3, 0.4) is 0 Å². The van der Waals surface area contributed by atoms with Gasteiger partial charge in [0.15, 0.2) is 0 Å². The van der Waals surface area contributed by atoms with Crippen LogP contribution in [0, 0.1) is 11.8 Å². The number of aliphatic hydroxyl groups excluding tert-OH is 2. The lowest BCUT2D eigenvalue weighted by Gasteiger charge is -2.15. The lowest BCUT2D eigenvalue weighted by molar-refractivity contribution is -0.118. The van der Waals surface area contributed by atoms with Gasteiger partial charge in [-0.2, -0.15) is 0 Å². The molecule has 0 rings (SSSR count). The van der Waals surface area contributed by atoms with Crippen LogP contribution < -0.4 is 0 Å². The number of Topliss-reactive ketones (excluding diaryl/α,β-unsaturated/α-hetero) is 1. The van der Waals surface area contributed by atoms with E-state index in [4.69, 9.17) is 10.2 Å². The molecule has 0 heterocycles. The Balaban J connectivity index is 3.74. The van der Waals surface area contributed by atoms with Gasteiger partial charge in [0.1, 0.15) is 5.78 Å². The van der Waals surface area contributed by atoms with E-state index in [2.05, 4.69) is 0 Å². The molecule has 3 heteroatoms. The first-order chi connectivity index (χ1) is 5.60. The second kappa shape index (κ2) is 6.14. The van der Waals surface area contributed by atoms with Crippen LogP contribution in [0.5, 0.6) is 0 Å². The molecule has 3 nitrogen and oxygen atoms in total. The van der Waals surface area contributed by atoms with Crippen LogP contribution in [0.2, 0.25) is 0 Å². The third-order valence-electron chi connectivity index (χ3n) is 1.88. The van der Waals surface area contributed by atoms with Gasteiger partial charge in [-0.3, -0.25) is 0 Å². The summed E-state index contributed by atoms with van der Waals surface area (Å²) < 4.78 is 0. The van der Waals surface area contributed by atoms with Crippen molar-refractivity contribution in [2.75, 3.05) is 13.2 Å². The van der Waals surface area contributed by atoms with Crippen molar-refractivity contribution in [2.24, 2.45) is 11.8 Å². The van der Waals surface area contributed by atoms with E-state index in [-0.39, 0.29) is 30.8 Å². The normalized spacial score (nSPS) is 15.7. The van der Waals surface area contributed by atoms with Crippen molar-refractivity contribution in [1.82, 2.24) is 0 Å². The second-order valence-corrected chi connectivity index (χ2v) is 3.48. The lowest BCUT2D eigenvalue weighted by atomic mass is 9.93. The van der Waals surface area contributed by atoms with Gasteiger partial charge in [-0.15, -0.1) is 0 Å². The third-order valence-corrected chi connectivity index (χ3v) is 1.88. The maximum absolute atomic E-state index is 10.7. The highest BCUT2D eigenvalue weighted by atomic mass is 16.3. The maximum atomic E-state index is 10.7. The van der Waals surface area contributed by atoms with Gasteiger partial charge in [-0.25, -0.2) is 0 Å². The van der Waals surface area contributed by atoms with Gasteiger partial charge in [0.25, 0.3) is 0 Å². The zero-order chi connectivity index (χ0) is 9.56. The fourth-order valence-electron chi connectivity index (χ4n) is 1.27. The first-order valence-electron chi connectivity index (χ1n) is 4.31. The van der Waals surface area contributed by atoms with E-state index in [0.717, 1.165) is 0 Å². The maximum Gasteiger partial charge on any atom is 0.130 e. The predicted octanol–water partition coefficient (Wildman–Crippen LogP) is 0.593. The Morgan fingerprint density at radius 1 is 1.33 bits per heavy atom. The molecule has 2 N–H and O–H groups in total. The number of rotatable bonds is 6. The van der Waals surface area contributed by atoms with Gasteiger partial charge in [-0.05, 0) is 25.2 Å². The molecule has 2 unspecified atom stereocenters. The molecule has 0 radical (unpaired) electrons. The highest BCUT2D eigenvalue weighted by Crippen LogP contribution is 2.14. The quantitative estimate of drug-likeness (QED) is 0.619. The van der Waals surface area contributed by atoms with E-state index < -0.39 is 0 Å². The first kappa shape index (κ1) is 11.6. The first-order valence-corrected chi connectivity index (χ1v) is 4.31. The largest absolute Gasteiger partial charge is 0.396 e. The summed E-state index contributed by atoms with van der Waals surface area (Å²) in [6.45, 7) is 3.58. The molecule has 0 fully saturated rings. The lowest BCUT2D eigenvalue weighted by Crippen LogP contribution is -2.15. The minimum absolute atomic E-state index is 0.0182. The highest BCUT2D eigenvalue weighted by molar-refractivity contribution is 5.75. The Labute approximate surface area is 73.4 Å². The van der Waals surface area contributed by atoms with Crippen LogP contribution in [0.15, 0.2) is 0 Å². The molecule has 0 aliphatic rings. The molecule has 0 aliphatic carbocycles. The zero-order valence-electron chi connectivity index (χ0n) is 7.79. The molecule has 0 amide bonds. The summed E-state index contributed by atoms with van der Waals surface area (Å²) in [5.74, 6) is 0.283. The van der Waals surface area contributed by atoms with Crippen molar-refractivity contribution in [3.05, 3.63) is 0 Å². The highest BCUT2D eigenvalue weighted by Gasteiger charge is 2.13. The molecule has 0 saturated heterocycles. The molecule has 0 bridgehead atoms. The minimum Gasteiger partial charge on any atom is -0.396 e. The van der Waals surface area contributed by atoms with E-state index in [1.165, 1.54) is 6.92 Å². The predicted molar refractivity (Wildman–Crippen MR) is 46.7 cm³/mol. The van der Waals surface area contributed by atoms with Gasteiger partial charge in [0.05, 0.1) is 0 Å². The molecule has 12 heavy (non-hydrogen) atoms. The summed E-state index contributed by atoms with van der Waals surface area (Å²) >= 11 is 0. The van der Waals surface area contributed by atoms with Gasteiger partial charge < -0.3 is 15.0 Å². The minimum atomic E-state index is 0.0182. The summed E-state index contributed by atoms with van der Waals surface area (Å²) in [6, 6.07) is 0. The number of carbonyl (C=O) groups excluding carboxylic acids is 1. The average molecular weight is 174 g/mol. The molecule has 0 spiro atoms. The second-order valence-electron chi connectivity index (χ2n) is 3.48.